The number of thiazole rings is 1. The van der Waals surface area contributed by atoms with Gasteiger partial charge in [0.25, 0.3) is 0 Å². The third-order valence-electron chi connectivity index (χ3n) is 2.41. The highest BCUT2D eigenvalue weighted by molar-refractivity contribution is 7.89. The van der Waals surface area contributed by atoms with Gasteiger partial charge in [0.05, 0.1) is 19.3 Å². The second kappa shape index (κ2) is 6.24. The van der Waals surface area contributed by atoms with Gasteiger partial charge in [-0.1, -0.05) is 0 Å². The Morgan fingerprint density at radius 2 is 2.32 bits per heavy atom. The summed E-state index contributed by atoms with van der Waals surface area (Å²) in [5.74, 6) is 0. The van der Waals surface area contributed by atoms with E-state index in [-0.39, 0.29) is 11.4 Å². The van der Waals surface area contributed by atoms with Gasteiger partial charge in [-0.2, -0.15) is 5.10 Å². The summed E-state index contributed by atoms with van der Waals surface area (Å²) in [4.78, 5) is 4.19. The Balaban J connectivity index is 2.00. The lowest BCUT2D eigenvalue weighted by molar-refractivity contribution is 0.576. The number of likely N-dealkylation sites (N-methyl/N-ethyl adjacent to an activating group) is 1. The molecule has 0 saturated carbocycles. The SMILES string of the molecule is CNCCn1cc(S(=O)(=O)NCc2nccs2)cn1. The van der Waals surface area contributed by atoms with Crippen LogP contribution in [0.2, 0.25) is 0 Å². The normalized spacial score (nSPS) is 11.8. The molecule has 19 heavy (non-hydrogen) atoms. The minimum absolute atomic E-state index is 0.167. The molecule has 0 atom stereocenters. The van der Waals surface area contributed by atoms with Gasteiger partial charge in [-0.25, -0.2) is 18.1 Å². The number of rotatable bonds is 7. The van der Waals surface area contributed by atoms with Crippen molar-refractivity contribution in [3.63, 3.8) is 0 Å². The molecule has 0 spiro atoms. The van der Waals surface area contributed by atoms with Crippen LogP contribution < -0.4 is 10.0 Å². The Bertz CT molecular complexity index is 606. The van der Waals surface area contributed by atoms with Crippen molar-refractivity contribution in [1.29, 1.82) is 0 Å². The molecule has 0 unspecified atom stereocenters. The maximum Gasteiger partial charge on any atom is 0.244 e. The van der Waals surface area contributed by atoms with E-state index in [2.05, 4.69) is 20.1 Å². The van der Waals surface area contributed by atoms with Crippen molar-refractivity contribution < 1.29 is 8.42 Å². The van der Waals surface area contributed by atoms with Crippen LogP contribution in [-0.2, 0) is 23.1 Å². The standard InChI is InChI=1S/C10H15N5O2S2/c1-11-2-4-15-8-9(6-13-15)19(16,17)14-7-10-12-3-5-18-10/h3,5-6,8,11,14H,2,4,7H2,1H3. The van der Waals surface area contributed by atoms with Gasteiger partial charge in [0.15, 0.2) is 0 Å². The Labute approximate surface area is 115 Å². The number of aromatic nitrogens is 3. The molecule has 104 valence electrons. The second-order valence-corrected chi connectivity index (χ2v) is 6.54. The summed E-state index contributed by atoms with van der Waals surface area (Å²) in [5.41, 5.74) is 0. The molecule has 0 aliphatic heterocycles. The fourth-order valence-corrected chi connectivity index (χ4v) is 3.00. The van der Waals surface area contributed by atoms with Crippen LogP contribution in [-0.4, -0.2) is 36.8 Å². The summed E-state index contributed by atoms with van der Waals surface area (Å²) in [6, 6.07) is 0. The van der Waals surface area contributed by atoms with Gasteiger partial charge in [-0.05, 0) is 7.05 Å². The first-order valence-corrected chi connectivity index (χ1v) is 8.03. The molecule has 0 fully saturated rings. The average Bonchev–Trinajstić information content (AvgIpc) is 3.05. The molecule has 0 bridgehead atoms. The van der Waals surface area contributed by atoms with Crippen molar-refractivity contribution >= 4 is 21.4 Å². The molecule has 2 aromatic rings. The quantitative estimate of drug-likeness (QED) is 0.753. The number of hydrogen-bond donors (Lipinski definition) is 2. The Morgan fingerprint density at radius 3 is 3.00 bits per heavy atom. The zero-order valence-electron chi connectivity index (χ0n) is 10.4. The van der Waals surface area contributed by atoms with E-state index in [0.717, 1.165) is 11.6 Å². The number of nitrogens with zero attached hydrogens (tertiary/aromatic N) is 3. The zero-order chi connectivity index (χ0) is 13.7. The zero-order valence-corrected chi connectivity index (χ0v) is 12.0. The molecule has 2 N–H and O–H groups in total. The summed E-state index contributed by atoms with van der Waals surface area (Å²) in [6.07, 6.45) is 4.51. The molecule has 0 saturated heterocycles. The minimum atomic E-state index is -3.53. The third-order valence-corrected chi connectivity index (χ3v) is 4.54. The fraction of sp³-hybridized carbons (Fsp3) is 0.400. The van der Waals surface area contributed by atoms with Crippen LogP contribution in [0.5, 0.6) is 0 Å². The molecule has 0 aliphatic carbocycles. The van der Waals surface area contributed by atoms with Gasteiger partial charge < -0.3 is 5.32 Å². The van der Waals surface area contributed by atoms with E-state index in [0.29, 0.717) is 6.54 Å². The van der Waals surface area contributed by atoms with Crippen LogP contribution in [0.25, 0.3) is 0 Å². The summed E-state index contributed by atoms with van der Waals surface area (Å²) in [7, 11) is -1.70. The first-order chi connectivity index (χ1) is 9.12. The van der Waals surface area contributed by atoms with E-state index in [1.165, 1.54) is 23.7 Å². The monoisotopic (exact) mass is 301 g/mol. The van der Waals surface area contributed by atoms with E-state index in [1.54, 1.807) is 16.3 Å². The van der Waals surface area contributed by atoms with E-state index >= 15 is 0 Å². The highest BCUT2D eigenvalue weighted by atomic mass is 32.2. The summed E-state index contributed by atoms with van der Waals surface area (Å²) < 4.78 is 28.1. The lowest BCUT2D eigenvalue weighted by Crippen LogP contribution is -2.22. The first-order valence-electron chi connectivity index (χ1n) is 5.67. The van der Waals surface area contributed by atoms with Gasteiger partial charge in [-0.3, -0.25) is 4.68 Å². The average molecular weight is 301 g/mol. The first kappa shape index (κ1) is 14.1. The maximum atomic E-state index is 12.0. The largest absolute Gasteiger partial charge is 0.318 e. The Kier molecular flexibility index (Phi) is 4.64. The van der Waals surface area contributed by atoms with E-state index in [4.69, 9.17) is 0 Å². The molecule has 0 aliphatic rings. The van der Waals surface area contributed by atoms with Crippen molar-refractivity contribution in [2.75, 3.05) is 13.6 Å². The third kappa shape index (κ3) is 3.83. The van der Waals surface area contributed by atoms with Crippen LogP contribution in [0.1, 0.15) is 5.01 Å². The van der Waals surface area contributed by atoms with Gasteiger partial charge in [-0.15, -0.1) is 11.3 Å². The molecule has 0 amide bonds. The van der Waals surface area contributed by atoms with Gasteiger partial charge >= 0.3 is 0 Å². The Morgan fingerprint density at radius 1 is 1.47 bits per heavy atom. The molecule has 2 heterocycles. The van der Waals surface area contributed by atoms with Crippen LogP contribution >= 0.6 is 11.3 Å². The van der Waals surface area contributed by atoms with Crippen molar-refractivity contribution in [1.82, 2.24) is 24.8 Å². The highest BCUT2D eigenvalue weighted by Crippen LogP contribution is 2.09. The summed E-state index contributed by atoms with van der Waals surface area (Å²) in [5, 5.41) is 9.52. The van der Waals surface area contributed by atoms with Crippen LogP contribution in [0.4, 0.5) is 0 Å². The summed E-state index contributed by atoms with van der Waals surface area (Å²) >= 11 is 1.41. The number of nitrogens with one attached hydrogen (secondary N) is 2. The molecule has 9 heteroatoms. The lowest BCUT2D eigenvalue weighted by atomic mass is 10.6. The molecular formula is C10H15N5O2S2. The maximum absolute atomic E-state index is 12.0. The highest BCUT2D eigenvalue weighted by Gasteiger charge is 2.16. The van der Waals surface area contributed by atoms with Crippen LogP contribution in [0, 0.1) is 0 Å². The van der Waals surface area contributed by atoms with Crippen molar-refractivity contribution in [3.05, 3.63) is 29.0 Å². The topological polar surface area (TPSA) is 88.9 Å². The fourth-order valence-electron chi connectivity index (χ4n) is 1.41. The molecule has 2 rings (SSSR count). The molecule has 0 aromatic carbocycles. The van der Waals surface area contributed by atoms with Gasteiger partial charge in [0.1, 0.15) is 9.90 Å². The Hall–Kier alpha value is -1.29. The van der Waals surface area contributed by atoms with E-state index < -0.39 is 10.0 Å². The van der Waals surface area contributed by atoms with Crippen molar-refractivity contribution in [2.24, 2.45) is 0 Å². The number of sulfonamides is 1. The molecule has 0 radical (unpaired) electrons. The summed E-state index contributed by atoms with van der Waals surface area (Å²) in [6.45, 7) is 1.55. The molecule has 7 nitrogen and oxygen atoms in total. The minimum Gasteiger partial charge on any atom is -0.318 e. The van der Waals surface area contributed by atoms with Crippen LogP contribution in [0.3, 0.4) is 0 Å². The molecule has 2 aromatic heterocycles. The smallest absolute Gasteiger partial charge is 0.244 e. The molecular weight excluding hydrogens is 286 g/mol. The van der Waals surface area contributed by atoms with Crippen molar-refractivity contribution in [2.45, 2.75) is 18.0 Å². The van der Waals surface area contributed by atoms with E-state index in [9.17, 15) is 8.42 Å². The predicted octanol–water partition coefficient (Wildman–Crippen LogP) is 0.0375. The number of hydrogen-bond acceptors (Lipinski definition) is 6. The van der Waals surface area contributed by atoms with Gasteiger partial charge in [0, 0.05) is 24.3 Å². The van der Waals surface area contributed by atoms with Gasteiger partial charge in [0.2, 0.25) is 10.0 Å². The predicted molar refractivity (Wildman–Crippen MR) is 72.3 cm³/mol. The lowest BCUT2D eigenvalue weighted by Gasteiger charge is -2.02. The van der Waals surface area contributed by atoms with Crippen molar-refractivity contribution in [3.8, 4) is 0 Å². The van der Waals surface area contributed by atoms with E-state index in [1.807, 2.05) is 7.05 Å². The second-order valence-electron chi connectivity index (χ2n) is 3.79. The van der Waals surface area contributed by atoms with Crippen LogP contribution in [0.15, 0.2) is 28.9 Å².